The van der Waals surface area contributed by atoms with Crippen LogP contribution in [0.4, 0.5) is 0 Å². The molecule has 1 aliphatic rings. The predicted molar refractivity (Wildman–Crippen MR) is 105 cm³/mol. The summed E-state index contributed by atoms with van der Waals surface area (Å²) in [7, 11) is 0. The molecule has 0 spiro atoms. The number of pyridine rings is 1. The molecule has 3 nitrogen and oxygen atoms in total. The second kappa shape index (κ2) is 6.37. The van der Waals surface area contributed by atoms with Crippen LogP contribution < -0.4 is 5.43 Å². The second-order valence-electron chi connectivity index (χ2n) is 6.32. The van der Waals surface area contributed by atoms with Crippen molar-refractivity contribution in [1.29, 1.82) is 0 Å². The molecule has 1 unspecified atom stereocenters. The van der Waals surface area contributed by atoms with Crippen LogP contribution in [-0.4, -0.2) is 10.0 Å². The van der Waals surface area contributed by atoms with Gasteiger partial charge in [-0.3, -0.25) is 10.4 Å². The van der Waals surface area contributed by atoms with Crippen molar-refractivity contribution in [2.45, 2.75) is 18.7 Å². The molecule has 0 radical (unpaired) electrons. The number of thioether (sulfide) groups is 1. The molecular weight excluding hydrogens is 326 g/mol. The van der Waals surface area contributed by atoms with Gasteiger partial charge in [0.05, 0.1) is 5.69 Å². The highest BCUT2D eigenvalue weighted by Crippen LogP contribution is 2.40. The highest BCUT2D eigenvalue weighted by atomic mass is 32.2. The first-order valence-corrected chi connectivity index (χ1v) is 9.09. The fraction of sp³-hybridized carbons (Fsp3) is 0.143. The number of nitrogens with one attached hydrogen (secondary N) is 1. The summed E-state index contributed by atoms with van der Waals surface area (Å²) in [5.74, 6) is 0. The van der Waals surface area contributed by atoms with E-state index in [2.05, 4.69) is 77.9 Å². The van der Waals surface area contributed by atoms with Gasteiger partial charge in [0.25, 0.3) is 0 Å². The van der Waals surface area contributed by atoms with E-state index in [9.17, 15) is 0 Å². The Hall–Kier alpha value is -2.59. The van der Waals surface area contributed by atoms with Gasteiger partial charge < -0.3 is 0 Å². The van der Waals surface area contributed by atoms with Crippen LogP contribution in [0.1, 0.15) is 23.6 Å². The molecule has 1 aliphatic heterocycles. The van der Waals surface area contributed by atoms with Crippen LogP contribution in [-0.2, 0) is 4.87 Å². The fourth-order valence-corrected chi connectivity index (χ4v) is 3.91. The molecule has 1 N–H and O–H groups in total. The number of aryl methyl sites for hydroxylation is 1. The Kier molecular flexibility index (Phi) is 4.06. The number of hydrazone groups is 1. The summed E-state index contributed by atoms with van der Waals surface area (Å²) in [6.07, 6.45) is 1.82. The Bertz CT molecular complexity index is 902. The first-order chi connectivity index (χ1) is 12.1. The molecule has 1 aromatic heterocycles. The lowest BCUT2D eigenvalue weighted by Gasteiger charge is -2.23. The van der Waals surface area contributed by atoms with Gasteiger partial charge in [0, 0.05) is 17.3 Å². The molecule has 0 fully saturated rings. The second-order valence-corrected chi connectivity index (χ2v) is 7.73. The molecule has 4 rings (SSSR count). The highest BCUT2D eigenvalue weighted by molar-refractivity contribution is 8.15. The van der Waals surface area contributed by atoms with Crippen LogP contribution in [0.5, 0.6) is 0 Å². The van der Waals surface area contributed by atoms with Gasteiger partial charge in [-0.2, -0.15) is 5.10 Å². The van der Waals surface area contributed by atoms with Gasteiger partial charge in [0.1, 0.15) is 9.91 Å². The summed E-state index contributed by atoms with van der Waals surface area (Å²) < 4.78 is 0. The van der Waals surface area contributed by atoms with Gasteiger partial charge >= 0.3 is 0 Å². The van der Waals surface area contributed by atoms with E-state index in [0.717, 1.165) is 21.9 Å². The van der Waals surface area contributed by atoms with Crippen LogP contribution in [0.3, 0.4) is 0 Å². The Morgan fingerprint density at radius 1 is 0.880 bits per heavy atom. The third-order valence-corrected chi connectivity index (χ3v) is 5.62. The Labute approximate surface area is 152 Å². The molecule has 25 heavy (non-hydrogen) atoms. The number of aromatic nitrogens is 1. The molecule has 0 aliphatic carbocycles. The van der Waals surface area contributed by atoms with Gasteiger partial charge in [-0.05, 0) is 31.5 Å². The van der Waals surface area contributed by atoms with E-state index in [1.54, 1.807) is 11.8 Å². The standard InChI is InChI=1S/C21H19N3S/c1-15-6-8-17(9-7-15)20-23-24-21(2,25-20)18-12-10-16(11-13-18)19-5-3-4-14-22-19/h3-14,24H,1-2H3. The molecule has 124 valence electrons. The lowest BCUT2D eigenvalue weighted by Crippen LogP contribution is -2.28. The van der Waals surface area contributed by atoms with Crippen LogP contribution in [0.2, 0.25) is 0 Å². The lowest BCUT2D eigenvalue weighted by molar-refractivity contribution is 0.563. The molecular formula is C21H19N3S. The van der Waals surface area contributed by atoms with Crippen molar-refractivity contribution >= 4 is 16.8 Å². The molecule has 0 bridgehead atoms. The monoisotopic (exact) mass is 345 g/mol. The zero-order valence-corrected chi connectivity index (χ0v) is 15.0. The van der Waals surface area contributed by atoms with Crippen molar-refractivity contribution in [2.24, 2.45) is 5.10 Å². The largest absolute Gasteiger partial charge is 0.288 e. The van der Waals surface area contributed by atoms with Crippen molar-refractivity contribution in [1.82, 2.24) is 10.4 Å². The quantitative estimate of drug-likeness (QED) is 0.731. The molecule has 2 aromatic carbocycles. The van der Waals surface area contributed by atoms with E-state index >= 15 is 0 Å². The number of rotatable bonds is 3. The maximum atomic E-state index is 4.56. The highest BCUT2D eigenvalue weighted by Gasteiger charge is 2.34. The molecule has 0 saturated heterocycles. The first-order valence-electron chi connectivity index (χ1n) is 8.27. The first kappa shape index (κ1) is 15.9. The van der Waals surface area contributed by atoms with Crippen LogP contribution in [0.15, 0.2) is 78.0 Å². The number of benzene rings is 2. The maximum Gasteiger partial charge on any atom is 0.128 e. The van der Waals surface area contributed by atoms with Crippen LogP contribution >= 0.6 is 11.8 Å². The van der Waals surface area contributed by atoms with Gasteiger partial charge in [-0.15, -0.1) is 0 Å². The van der Waals surface area contributed by atoms with E-state index < -0.39 is 0 Å². The van der Waals surface area contributed by atoms with Crippen molar-refractivity contribution in [3.8, 4) is 11.3 Å². The van der Waals surface area contributed by atoms with Crippen molar-refractivity contribution in [3.63, 3.8) is 0 Å². The van der Waals surface area contributed by atoms with Crippen LogP contribution in [0, 0.1) is 6.92 Å². The SMILES string of the molecule is Cc1ccc(C2=NNC(C)(c3ccc(-c4ccccn4)cc3)S2)cc1. The van der Waals surface area contributed by atoms with E-state index in [4.69, 9.17) is 0 Å². The van der Waals surface area contributed by atoms with Gasteiger partial charge in [0.15, 0.2) is 0 Å². The van der Waals surface area contributed by atoms with E-state index in [1.807, 2.05) is 24.4 Å². The smallest absolute Gasteiger partial charge is 0.128 e. The predicted octanol–water partition coefficient (Wildman–Crippen LogP) is 4.93. The van der Waals surface area contributed by atoms with E-state index in [0.29, 0.717) is 0 Å². The third-order valence-electron chi connectivity index (χ3n) is 4.37. The van der Waals surface area contributed by atoms with Crippen molar-refractivity contribution < 1.29 is 0 Å². The summed E-state index contributed by atoms with van der Waals surface area (Å²) in [5, 5.41) is 5.59. The zero-order valence-electron chi connectivity index (χ0n) is 14.2. The summed E-state index contributed by atoms with van der Waals surface area (Å²) in [4.78, 5) is 4.15. The fourth-order valence-electron chi connectivity index (χ4n) is 2.83. The molecule has 0 amide bonds. The molecule has 4 heteroatoms. The summed E-state index contributed by atoms with van der Waals surface area (Å²) >= 11 is 1.75. The molecule has 2 heterocycles. The summed E-state index contributed by atoms with van der Waals surface area (Å²) in [6.45, 7) is 4.26. The number of nitrogens with zero attached hydrogens (tertiary/aromatic N) is 2. The van der Waals surface area contributed by atoms with E-state index in [-0.39, 0.29) is 4.87 Å². The zero-order chi connectivity index (χ0) is 17.3. The average molecular weight is 345 g/mol. The lowest BCUT2D eigenvalue weighted by atomic mass is 10.0. The molecule has 0 saturated carbocycles. The minimum absolute atomic E-state index is 0.261. The molecule has 3 aromatic rings. The van der Waals surface area contributed by atoms with Gasteiger partial charge in [0.2, 0.25) is 0 Å². The van der Waals surface area contributed by atoms with Crippen LogP contribution in [0.25, 0.3) is 11.3 Å². The summed E-state index contributed by atoms with van der Waals surface area (Å²) in [6, 6.07) is 23.0. The minimum Gasteiger partial charge on any atom is -0.288 e. The Balaban J connectivity index is 1.55. The maximum absolute atomic E-state index is 4.56. The third kappa shape index (κ3) is 3.17. The number of hydrogen-bond donors (Lipinski definition) is 1. The average Bonchev–Trinajstić information content (AvgIpc) is 3.07. The van der Waals surface area contributed by atoms with E-state index in [1.165, 1.54) is 11.1 Å². The van der Waals surface area contributed by atoms with Gasteiger partial charge in [-0.1, -0.05) is 71.9 Å². The summed E-state index contributed by atoms with van der Waals surface area (Å²) in [5.41, 5.74) is 9.02. The minimum atomic E-state index is -0.261. The normalized spacial score (nSPS) is 19.4. The Morgan fingerprint density at radius 3 is 2.28 bits per heavy atom. The van der Waals surface area contributed by atoms with Crippen molar-refractivity contribution in [3.05, 3.63) is 89.6 Å². The van der Waals surface area contributed by atoms with Crippen molar-refractivity contribution in [2.75, 3.05) is 0 Å². The number of hydrogen-bond acceptors (Lipinski definition) is 4. The topological polar surface area (TPSA) is 37.3 Å². The Morgan fingerprint density at radius 2 is 1.60 bits per heavy atom. The molecule has 1 atom stereocenters. The van der Waals surface area contributed by atoms with Gasteiger partial charge in [-0.25, -0.2) is 0 Å².